The summed E-state index contributed by atoms with van der Waals surface area (Å²) in [6.45, 7) is 20.0. The van der Waals surface area contributed by atoms with E-state index in [0.29, 0.717) is 13.0 Å². The van der Waals surface area contributed by atoms with E-state index in [2.05, 4.69) is 31.1 Å². The van der Waals surface area contributed by atoms with Gasteiger partial charge in [0, 0.05) is 13.5 Å². The third kappa shape index (κ3) is 6.53. The number of ketones is 2. The molecule has 2 fully saturated rings. The molecule has 1 saturated heterocycles. The summed E-state index contributed by atoms with van der Waals surface area (Å²) in [7, 11) is 0. The van der Waals surface area contributed by atoms with Crippen molar-refractivity contribution in [1.29, 1.82) is 0 Å². The predicted molar refractivity (Wildman–Crippen MR) is 136 cm³/mol. The van der Waals surface area contributed by atoms with Gasteiger partial charge in [0.25, 0.3) is 0 Å². The van der Waals surface area contributed by atoms with Gasteiger partial charge in [-0.2, -0.15) is 0 Å². The lowest BCUT2D eigenvalue weighted by atomic mass is 9.85. The molecule has 1 unspecified atom stereocenters. The largest absolute Gasteiger partial charge is 0.444 e. The predicted octanol–water partition coefficient (Wildman–Crippen LogP) is 3.02. The molecule has 9 nitrogen and oxygen atoms in total. The lowest BCUT2D eigenvalue weighted by Gasteiger charge is -2.38. The summed E-state index contributed by atoms with van der Waals surface area (Å²) in [5.74, 6) is -2.12. The van der Waals surface area contributed by atoms with E-state index in [0.717, 1.165) is 0 Å². The minimum atomic E-state index is -0.982. The van der Waals surface area contributed by atoms with Crippen molar-refractivity contribution in [2.45, 2.75) is 98.9 Å². The highest BCUT2D eigenvalue weighted by molar-refractivity contribution is 6.38. The van der Waals surface area contributed by atoms with Crippen molar-refractivity contribution in [3.63, 3.8) is 0 Å². The Bertz CT molecular complexity index is 927. The van der Waals surface area contributed by atoms with Gasteiger partial charge in [-0.3, -0.25) is 19.2 Å². The van der Waals surface area contributed by atoms with Gasteiger partial charge in [-0.15, -0.1) is 6.58 Å². The van der Waals surface area contributed by atoms with Crippen LogP contribution in [0.1, 0.15) is 75.2 Å². The van der Waals surface area contributed by atoms with Crippen LogP contribution in [0.4, 0.5) is 4.79 Å². The summed E-state index contributed by atoms with van der Waals surface area (Å²) in [5, 5.41) is 5.45. The highest BCUT2D eigenvalue weighted by Crippen LogP contribution is 2.65. The monoisotopic (exact) mass is 505 g/mol. The molecule has 0 aromatic heterocycles. The van der Waals surface area contributed by atoms with Crippen LogP contribution in [0, 0.1) is 22.7 Å². The number of nitrogens with one attached hydrogen (secondary N) is 2. The third-order valence-corrected chi connectivity index (χ3v) is 7.17. The molecule has 0 bridgehead atoms. The summed E-state index contributed by atoms with van der Waals surface area (Å²) in [4.78, 5) is 65.7. The van der Waals surface area contributed by atoms with Crippen LogP contribution in [0.3, 0.4) is 0 Å². The number of amides is 3. The number of nitrogens with zero attached hydrogens (tertiary/aromatic N) is 1. The number of alkyl carbamates (subject to hydrolysis) is 1. The normalized spacial score (nSPS) is 24.1. The maximum absolute atomic E-state index is 13.8. The number of Topliss-reactive ketones (excluding diaryl/α,β-unsaturated/α-hetero) is 2. The van der Waals surface area contributed by atoms with E-state index >= 15 is 0 Å². The number of rotatable bonds is 9. The van der Waals surface area contributed by atoms with Gasteiger partial charge in [-0.05, 0) is 56.3 Å². The highest BCUT2D eigenvalue weighted by Gasteiger charge is 2.69. The van der Waals surface area contributed by atoms with Crippen molar-refractivity contribution >= 4 is 29.5 Å². The molecular formula is C27H43N3O6. The second kappa shape index (κ2) is 10.3. The standard InChI is InChI=1S/C27H43N3O6/c1-11-12-13-17(20(32)15(2)31)28-22(33)19-18-16(27(18,9)10)14-30(19)23(34)21(25(3,4)5)29-24(35)36-26(6,7)8/h11,16-19,21H,1,12-14H2,2-10H3,(H,28,33)(H,29,35)/t16-,17?,18-,19-,21+/m0/s1. The number of piperidine rings is 1. The molecule has 202 valence electrons. The molecule has 3 amide bonds. The molecule has 36 heavy (non-hydrogen) atoms. The van der Waals surface area contributed by atoms with Gasteiger partial charge in [0.05, 0.1) is 6.04 Å². The average Bonchev–Trinajstić information content (AvgIpc) is 3.07. The maximum Gasteiger partial charge on any atom is 0.408 e. The van der Waals surface area contributed by atoms with Gasteiger partial charge >= 0.3 is 6.09 Å². The topological polar surface area (TPSA) is 122 Å². The number of ether oxygens (including phenoxy) is 1. The van der Waals surface area contributed by atoms with E-state index in [1.165, 1.54) is 11.8 Å². The smallest absolute Gasteiger partial charge is 0.408 e. The maximum atomic E-state index is 13.8. The van der Waals surface area contributed by atoms with Crippen LogP contribution in [0.25, 0.3) is 0 Å². The second-order valence-electron chi connectivity index (χ2n) is 12.7. The zero-order valence-electron chi connectivity index (χ0n) is 23.2. The van der Waals surface area contributed by atoms with E-state index in [4.69, 9.17) is 4.74 Å². The van der Waals surface area contributed by atoms with Crippen molar-refractivity contribution in [3.8, 4) is 0 Å². The summed E-state index contributed by atoms with van der Waals surface area (Å²) in [6.07, 6.45) is 1.60. The number of hydrogen-bond donors (Lipinski definition) is 2. The van der Waals surface area contributed by atoms with Crippen LogP contribution in [0.5, 0.6) is 0 Å². The molecule has 2 rings (SSSR count). The van der Waals surface area contributed by atoms with E-state index < -0.39 is 52.7 Å². The van der Waals surface area contributed by atoms with E-state index in [1.807, 2.05) is 20.8 Å². The third-order valence-electron chi connectivity index (χ3n) is 7.17. The van der Waals surface area contributed by atoms with Gasteiger partial charge in [-0.1, -0.05) is 40.7 Å². The van der Waals surface area contributed by atoms with Crippen LogP contribution in [-0.2, 0) is 23.9 Å². The molecule has 1 saturated carbocycles. The Morgan fingerprint density at radius 2 is 1.67 bits per heavy atom. The van der Waals surface area contributed by atoms with Crippen LogP contribution >= 0.6 is 0 Å². The highest BCUT2D eigenvalue weighted by atomic mass is 16.6. The first-order chi connectivity index (χ1) is 16.3. The minimum Gasteiger partial charge on any atom is -0.444 e. The van der Waals surface area contributed by atoms with Crippen LogP contribution in [0.15, 0.2) is 12.7 Å². The van der Waals surface area contributed by atoms with Crippen molar-refractivity contribution in [3.05, 3.63) is 12.7 Å². The number of likely N-dealkylation sites (tertiary alicyclic amines) is 1. The van der Waals surface area contributed by atoms with Crippen molar-refractivity contribution in [1.82, 2.24) is 15.5 Å². The fourth-order valence-electron chi connectivity index (χ4n) is 5.11. The Hall–Kier alpha value is -2.71. The minimum absolute atomic E-state index is 0.0870. The zero-order valence-corrected chi connectivity index (χ0v) is 23.2. The first-order valence-electron chi connectivity index (χ1n) is 12.6. The molecule has 1 heterocycles. The molecule has 0 aromatic carbocycles. The van der Waals surface area contributed by atoms with Crippen LogP contribution < -0.4 is 10.6 Å². The number of allylic oxidation sites excluding steroid dienone is 1. The van der Waals surface area contributed by atoms with Crippen LogP contribution in [0.2, 0.25) is 0 Å². The number of carbonyl (C=O) groups excluding carboxylic acids is 5. The Morgan fingerprint density at radius 3 is 2.14 bits per heavy atom. The fraction of sp³-hybridized carbons (Fsp3) is 0.741. The Balaban J connectivity index is 2.32. The number of carbonyl (C=O) groups is 5. The summed E-state index contributed by atoms with van der Waals surface area (Å²) in [5.41, 5.74) is -1.54. The van der Waals surface area contributed by atoms with Gasteiger partial charge in [-0.25, -0.2) is 4.79 Å². The van der Waals surface area contributed by atoms with E-state index in [1.54, 1.807) is 26.8 Å². The zero-order chi connectivity index (χ0) is 27.8. The molecule has 2 N–H and O–H groups in total. The molecule has 2 aliphatic rings. The van der Waals surface area contributed by atoms with Gasteiger partial charge < -0.3 is 20.3 Å². The van der Waals surface area contributed by atoms with Gasteiger partial charge in [0.1, 0.15) is 17.7 Å². The Labute approximate surface area is 214 Å². The first-order valence-corrected chi connectivity index (χ1v) is 12.6. The molecule has 1 aliphatic carbocycles. The average molecular weight is 506 g/mol. The Morgan fingerprint density at radius 1 is 1.08 bits per heavy atom. The summed E-state index contributed by atoms with van der Waals surface area (Å²) >= 11 is 0. The van der Waals surface area contributed by atoms with E-state index in [9.17, 15) is 24.0 Å². The number of hydrogen-bond acceptors (Lipinski definition) is 6. The van der Waals surface area contributed by atoms with Gasteiger partial charge in [0.15, 0.2) is 5.78 Å². The molecule has 0 spiro atoms. The number of fused-ring (bicyclic) bond motifs is 1. The van der Waals surface area contributed by atoms with Crippen molar-refractivity contribution < 1.29 is 28.7 Å². The fourth-order valence-corrected chi connectivity index (χ4v) is 5.11. The van der Waals surface area contributed by atoms with E-state index in [-0.39, 0.29) is 29.6 Å². The molecule has 0 radical (unpaired) electrons. The Kier molecular flexibility index (Phi) is 8.48. The summed E-state index contributed by atoms with van der Waals surface area (Å²) in [6, 6.07) is -2.73. The molecule has 1 aliphatic heterocycles. The molecule has 0 aromatic rings. The lowest BCUT2D eigenvalue weighted by Crippen LogP contribution is -2.60. The van der Waals surface area contributed by atoms with Crippen LogP contribution in [-0.4, -0.2) is 64.6 Å². The lowest BCUT2D eigenvalue weighted by molar-refractivity contribution is -0.145. The quantitative estimate of drug-likeness (QED) is 0.367. The molecule has 5 atom stereocenters. The SMILES string of the molecule is C=CCCC(NC(=O)[C@@H]1[C@@H]2[C@H](CN1C(=O)[C@@H](NC(=O)OC(C)(C)C)C(C)(C)C)C2(C)C)C(=O)C(C)=O. The van der Waals surface area contributed by atoms with Gasteiger partial charge in [0.2, 0.25) is 17.6 Å². The second-order valence-corrected chi connectivity index (χ2v) is 12.7. The first kappa shape index (κ1) is 29.5. The van der Waals surface area contributed by atoms with Crippen molar-refractivity contribution in [2.75, 3.05) is 6.54 Å². The summed E-state index contributed by atoms with van der Waals surface area (Å²) < 4.78 is 5.37. The molecule has 9 heteroatoms. The van der Waals surface area contributed by atoms with Crippen molar-refractivity contribution in [2.24, 2.45) is 22.7 Å². The molecular weight excluding hydrogens is 462 g/mol.